The number of methoxy groups -OCH3 is 1. The molecule has 1 atom stereocenters. The Hall–Kier alpha value is -3.05. The molecule has 5 heteroatoms. The SMILES string of the molecule is COc1c(C(Nc2ccccc2)c2ccccc2)oc(CO)cc1=O. The molecule has 1 aromatic heterocycles. The van der Waals surface area contributed by atoms with Crippen LogP contribution in [-0.4, -0.2) is 12.2 Å². The molecule has 25 heavy (non-hydrogen) atoms. The van der Waals surface area contributed by atoms with E-state index in [1.54, 1.807) is 0 Å². The number of anilines is 1. The maximum absolute atomic E-state index is 12.3. The van der Waals surface area contributed by atoms with Crippen LogP contribution in [-0.2, 0) is 6.61 Å². The van der Waals surface area contributed by atoms with Gasteiger partial charge < -0.3 is 19.6 Å². The van der Waals surface area contributed by atoms with Crippen molar-refractivity contribution in [1.29, 1.82) is 0 Å². The van der Waals surface area contributed by atoms with Crippen molar-refractivity contribution in [2.45, 2.75) is 12.6 Å². The van der Waals surface area contributed by atoms with Crippen LogP contribution in [0.4, 0.5) is 5.69 Å². The number of para-hydroxylation sites is 1. The number of hydrogen-bond donors (Lipinski definition) is 2. The first-order valence-corrected chi connectivity index (χ1v) is 7.91. The van der Waals surface area contributed by atoms with E-state index in [1.807, 2.05) is 60.7 Å². The summed E-state index contributed by atoms with van der Waals surface area (Å²) in [5, 5.41) is 12.8. The molecule has 1 unspecified atom stereocenters. The second-order valence-corrected chi connectivity index (χ2v) is 5.49. The summed E-state index contributed by atoms with van der Waals surface area (Å²) in [7, 11) is 1.43. The third kappa shape index (κ3) is 3.72. The lowest BCUT2D eigenvalue weighted by molar-refractivity contribution is 0.233. The lowest BCUT2D eigenvalue weighted by atomic mass is 10.0. The average molecular weight is 337 g/mol. The molecule has 0 bridgehead atoms. The van der Waals surface area contributed by atoms with Crippen LogP contribution in [0.5, 0.6) is 5.75 Å². The molecule has 3 rings (SSSR count). The fourth-order valence-corrected chi connectivity index (χ4v) is 2.67. The van der Waals surface area contributed by atoms with Gasteiger partial charge in [-0.15, -0.1) is 0 Å². The Labute approximate surface area is 145 Å². The zero-order valence-corrected chi connectivity index (χ0v) is 13.8. The van der Waals surface area contributed by atoms with Crippen molar-refractivity contribution in [2.75, 3.05) is 12.4 Å². The van der Waals surface area contributed by atoms with E-state index in [2.05, 4.69) is 5.32 Å². The Balaban J connectivity index is 2.15. The van der Waals surface area contributed by atoms with E-state index in [-0.39, 0.29) is 23.5 Å². The zero-order chi connectivity index (χ0) is 17.6. The third-order valence-electron chi connectivity index (χ3n) is 3.82. The minimum absolute atomic E-state index is 0.120. The second kappa shape index (κ2) is 7.68. The van der Waals surface area contributed by atoms with Gasteiger partial charge in [0.2, 0.25) is 11.2 Å². The van der Waals surface area contributed by atoms with Crippen molar-refractivity contribution < 1.29 is 14.3 Å². The topological polar surface area (TPSA) is 71.7 Å². The summed E-state index contributed by atoms with van der Waals surface area (Å²) < 4.78 is 11.1. The van der Waals surface area contributed by atoms with Crippen molar-refractivity contribution in [3.63, 3.8) is 0 Å². The predicted molar refractivity (Wildman–Crippen MR) is 95.8 cm³/mol. The highest BCUT2D eigenvalue weighted by molar-refractivity contribution is 5.49. The van der Waals surface area contributed by atoms with Crippen molar-refractivity contribution in [1.82, 2.24) is 0 Å². The van der Waals surface area contributed by atoms with E-state index < -0.39 is 6.04 Å². The van der Waals surface area contributed by atoms with E-state index >= 15 is 0 Å². The van der Waals surface area contributed by atoms with Gasteiger partial charge in [0.1, 0.15) is 18.4 Å². The summed E-state index contributed by atoms with van der Waals surface area (Å²) in [6.07, 6.45) is 0. The van der Waals surface area contributed by atoms with Crippen LogP contribution >= 0.6 is 0 Å². The monoisotopic (exact) mass is 337 g/mol. The Morgan fingerprint density at radius 3 is 2.32 bits per heavy atom. The second-order valence-electron chi connectivity index (χ2n) is 5.49. The van der Waals surface area contributed by atoms with Crippen LogP contribution in [0.25, 0.3) is 0 Å². The molecule has 0 radical (unpaired) electrons. The molecule has 5 nitrogen and oxygen atoms in total. The molecule has 0 aliphatic rings. The quantitative estimate of drug-likeness (QED) is 0.722. The highest BCUT2D eigenvalue weighted by atomic mass is 16.5. The van der Waals surface area contributed by atoms with Gasteiger partial charge in [-0.3, -0.25) is 4.79 Å². The number of aliphatic hydroxyl groups is 1. The van der Waals surface area contributed by atoms with Crippen LogP contribution in [0.2, 0.25) is 0 Å². The minimum Gasteiger partial charge on any atom is -0.490 e. The van der Waals surface area contributed by atoms with Gasteiger partial charge in [0.15, 0.2) is 5.76 Å². The number of nitrogens with one attached hydrogen (secondary N) is 1. The average Bonchev–Trinajstić information content (AvgIpc) is 2.67. The maximum atomic E-state index is 12.3. The van der Waals surface area contributed by atoms with Gasteiger partial charge in [-0.25, -0.2) is 0 Å². The van der Waals surface area contributed by atoms with Crippen molar-refractivity contribution >= 4 is 5.69 Å². The number of benzene rings is 2. The zero-order valence-electron chi connectivity index (χ0n) is 13.8. The Morgan fingerprint density at radius 2 is 1.72 bits per heavy atom. The Morgan fingerprint density at radius 1 is 1.08 bits per heavy atom. The molecule has 0 amide bonds. The van der Waals surface area contributed by atoms with Crippen molar-refractivity contribution in [3.8, 4) is 5.75 Å². The fourth-order valence-electron chi connectivity index (χ4n) is 2.67. The minimum atomic E-state index is -0.447. The first-order valence-electron chi connectivity index (χ1n) is 7.91. The van der Waals surface area contributed by atoms with E-state index in [0.717, 1.165) is 11.3 Å². The predicted octanol–water partition coefficient (Wildman–Crippen LogP) is 3.34. The van der Waals surface area contributed by atoms with Gasteiger partial charge in [0.25, 0.3) is 0 Å². The van der Waals surface area contributed by atoms with Gasteiger partial charge in [-0.05, 0) is 17.7 Å². The summed E-state index contributed by atoms with van der Waals surface area (Å²) in [6, 6.07) is 20.0. The molecule has 0 aliphatic carbocycles. The molecule has 0 saturated carbocycles. The highest BCUT2D eigenvalue weighted by Gasteiger charge is 2.24. The largest absolute Gasteiger partial charge is 0.490 e. The Kier molecular flexibility index (Phi) is 5.16. The van der Waals surface area contributed by atoms with Crippen LogP contribution in [0.3, 0.4) is 0 Å². The van der Waals surface area contributed by atoms with Crippen molar-refractivity contribution in [2.24, 2.45) is 0 Å². The third-order valence-corrected chi connectivity index (χ3v) is 3.82. The fraction of sp³-hybridized carbons (Fsp3) is 0.150. The highest BCUT2D eigenvalue weighted by Crippen LogP contribution is 2.31. The van der Waals surface area contributed by atoms with Gasteiger partial charge in [0, 0.05) is 11.8 Å². The molecule has 0 aliphatic heterocycles. The summed E-state index contributed by atoms with van der Waals surface area (Å²) in [5.41, 5.74) is 1.45. The van der Waals surface area contributed by atoms with Gasteiger partial charge in [-0.1, -0.05) is 48.5 Å². The summed E-state index contributed by atoms with van der Waals surface area (Å²) >= 11 is 0. The molecule has 2 aromatic carbocycles. The van der Waals surface area contributed by atoms with Crippen LogP contribution < -0.4 is 15.5 Å². The van der Waals surface area contributed by atoms with Crippen LogP contribution in [0, 0.1) is 0 Å². The van der Waals surface area contributed by atoms with E-state index in [9.17, 15) is 9.90 Å². The summed E-state index contributed by atoms with van der Waals surface area (Å²) in [5.74, 6) is 0.639. The Bertz CT molecular complexity index is 875. The number of aliphatic hydroxyl groups excluding tert-OH is 1. The van der Waals surface area contributed by atoms with Crippen molar-refractivity contribution in [3.05, 3.63) is 94.0 Å². The molecule has 128 valence electrons. The van der Waals surface area contributed by atoms with E-state index in [1.165, 1.54) is 13.2 Å². The molecule has 3 aromatic rings. The number of ether oxygens (including phenoxy) is 1. The molecule has 0 saturated heterocycles. The standard InChI is InChI=1S/C20H19NO4/c1-24-19-17(23)12-16(13-22)25-20(19)18(14-8-4-2-5-9-14)21-15-10-6-3-7-11-15/h2-12,18,21-22H,13H2,1H3. The van der Waals surface area contributed by atoms with E-state index in [4.69, 9.17) is 9.15 Å². The van der Waals surface area contributed by atoms with Gasteiger partial charge in [-0.2, -0.15) is 0 Å². The molecule has 1 heterocycles. The molecular weight excluding hydrogens is 318 g/mol. The molecule has 2 N–H and O–H groups in total. The number of hydrogen-bond acceptors (Lipinski definition) is 5. The normalized spacial score (nSPS) is 11.8. The molecular formula is C20H19NO4. The first kappa shape index (κ1) is 16.8. The molecule has 0 fully saturated rings. The molecule has 0 spiro atoms. The van der Waals surface area contributed by atoms with Crippen LogP contribution in [0.15, 0.2) is 75.9 Å². The number of rotatable bonds is 6. The van der Waals surface area contributed by atoms with Gasteiger partial charge in [0.05, 0.1) is 7.11 Å². The maximum Gasteiger partial charge on any atom is 0.227 e. The lowest BCUT2D eigenvalue weighted by Crippen LogP contribution is -2.18. The smallest absolute Gasteiger partial charge is 0.227 e. The lowest BCUT2D eigenvalue weighted by Gasteiger charge is -2.21. The van der Waals surface area contributed by atoms with Crippen LogP contribution in [0.1, 0.15) is 23.1 Å². The van der Waals surface area contributed by atoms with E-state index in [0.29, 0.717) is 5.76 Å². The summed E-state index contributed by atoms with van der Waals surface area (Å²) in [6.45, 7) is -0.362. The van der Waals surface area contributed by atoms with Gasteiger partial charge >= 0.3 is 0 Å². The first-order chi connectivity index (χ1) is 12.2. The summed E-state index contributed by atoms with van der Waals surface area (Å²) in [4.78, 5) is 12.3.